The molecule has 198 valence electrons. The Hall–Kier alpha value is -2.39. The zero-order valence-electron chi connectivity index (χ0n) is 21.9. The predicted molar refractivity (Wildman–Crippen MR) is 149 cm³/mol. The highest BCUT2D eigenvalue weighted by atomic mass is 79.9. The van der Waals surface area contributed by atoms with Crippen molar-refractivity contribution in [1.29, 1.82) is 0 Å². The summed E-state index contributed by atoms with van der Waals surface area (Å²) in [6.45, 7) is 8.60. The fourth-order valence-corrected chi connectivity index (χ4v) is 5.38. The molecule has 2 amide bonds. The first-order valence-corrected chi connectivity index (χ1v) is 14.9. The average molecular weight is 581 g/mol. The molecule has 2 aromatic carbocycles. The van der Waals surface area contributed by atoms with E-state index in [1.807, 2.05) is 56.3 Å². The second-order valence-corrected chi connectivity index (χ2v) is 12.0. The van der Waals surface area contributed by atoms with Crippen molar-refractivity contribution in [3.63, 3.8) is 0 Å². The molecule has 0 heterocycles. The number of hydrogen-bond donors (Lipinski definition) is 1. The number of sulfonamides is 1. The molecule has 1 atom stereocenters. The maximum atomic E-state index is 13.4. The summed E-state index contributed by atoms with van der Waals surface area (Å²) in [5.41, 5.74) is 3.34. The number of hydrogen-bond acceptors (Lipinski definition) is 4. The zero-order valence-corrected chi connectivity index (χ0v) is 24.3. The van der Waals surface area contributed by atoms with Gasteiger partial charge in [-0.05, 0) is 68.5 Å². The third-order valence-electron chi connectivity index (χ3n) is 6.02. The fourth-order valence-electron chi connectivity index (χ4n) is 3.92. The van der Waals surface area contributed by atoms with E-state index in [0.29, 0.717) is 18.7 Å². The third kappa shape index (κ3) is 8.92. The maximum absolute atomic E-state index is 13.4. The summed E-state index contributed by atoms with van der Waals surface area (Å²) < 4.78 is 27.4. The van der Waals surface area contributed by atoms with Gasteiger partial charge in [-0.15, -0.1) is 0 Å². The molecule has 0 aliphatic heterocycles. The second kappa shape index (κ2) is 13.8. The molecule has 0 radical (unpaired) electrons. The molecule has 9 heteroatoms. The van der Waals surface area contributed by atoms with Crippen molar-refractivity contribution in [2.75, 3.05) is 23.7 Å². The maximum Gasteiger partial charge on any atom is 0.242 e. The molecule has 2 aromatic rings. The number of carbonyl (C=O) groups is 2. The van der Waals surface area contributed by atoms with Gasteiger partial charge in [0, 0.05) is 30.5 Å². The Balaban J connectivity index is 2.18. The standard InChI is InChI=1S/C27H38BrN3O4S/c1-6-7-15-29-27(33)22(4)30(19-23-10-8-11-24(28)18-23)26(32)12-9-16-31(36(5,34)35)25-17-20(2)13-14-21(25)3/h8,10-11,13-14,17-18,22H,6-7,9,12,15-16,19H2,1-5H3,(H,29,33)/t22-/m0/s1. The first-order valence-electron chi connectivity index (χ1n) is 12.3. The van der Waals surface area contributed by atoms with Gasteiger partial charge >= 0.3 is 0 Å². The summed E-state index contributed by atoms with van der Waals surface area (Å²) in [5, 5.41) is 2.91. The predicted octanol–water partition coefficient (Wildman–Crippen LogP) is 4.95. The average Bonchev–Trinajstić information content (AvgIpc) is 2.81. The lowest BCUT2D eigenvalue weighted by Gasteiger charge is -2.29. The van der Waals surface area contributed by atoms with E-state index in [4.69, 9.17) is 0 Å². The topological polar surface area (TPSA) is 86.8 Å². The molecule has 1 N–H and O–H groups in total. The summed E-state index contributed by atoms with van der Waals surface area (Å²) in [6, 6.07) is 12.7. The van der Waals surface area contributed by atoms with Crippen LogP contribution < -0.4 is 9.62 Å². The largest absolute Gasteiger partial charge is 0.354 e. The number of nitrogens with zero attached hydrogens (tertiary/aromatic N) is 2. The number of halogens is 1. The SMILES string of the molecule is CCCCNC(=O)[C@H](C)N(Cc1cccc(Br)c1)C(=O)CCCN(c1cc(C)ccc1C)S(C)(=O)=O. The van der Waals surface area contributed by atoms with E-state index < -0.39 is 16.1 Å². The van der Waals surface area contributed by atoms with Crippen LogP contribution in [-0.4, -0.2) is 50.5 Å². The van der Waals surface area contributed by atoms with E-state index in [0.717, 1.165) is 34.0 Å². The van der Waals surface area contributed by atoms with Gasteiger partial charge in [0.15, 0.2) is 0 Å². The van der Waals surface area contributed by atoms with Crippen molar-refractivity contribution in [2.24, 2.45) is 0 Å². The summed E-state index contributed by atoms with van der Waals surface area (Å²) in [4.78, 5) is 27.7. The van der Waals surface area contributed by atoms with Crippen LogP contribution in [0.5, 0.6) is 0 Å². The van der Waals surface area contributed by atoms with E-state index >= 15 is 0 Å². The van der Waals surface area contributed by atoms with Gasteiger partial charge in [0.05, 0.1) is 11.9 Å². The molecule has 0 saturated heterocycles. The van der Waals surface area contributed by atoms with Crippen molar-refractivity contribution in [3.05, 3.63) is 63.6 Å². The molecule has 0 aliphatic rings. The van der Waals surface area contributed by atoms with Crippen molar-refractivity contribution < 1.29 is 18.0 Å². The van der Waals surface area contributed by atoms with Crippen molar-refractivity contribution >= 4 is 43.5 Å². The van der Waals surface area contributed by atoms with E-state index in [-0.39, 0.29) is 31.3 Å². The number of anilines is 1. The van der Waals surface area contributed by atoms with Gasteiger partial charge in [-0.1, -0.05) is 53.5 Å². The van der Waals surface area contributed by atoms with Crippen LogP contribution in [0, 0.1) is 13.8 Å². The van der Waals surface area contributed by atoms with Gasteiger partial charge < -0.3 is 10.2 Å². The normalized spacial score (nSPS) is 12.2. The first-order chi connectivity index (χ1) is 16.9. The number of amides is 2. The monoisotopic (exact) mass is 579 g/mol. The molecule has 2 rings (SSSR count). The van der Waals surface area contributed by atoms with Crippen LogP contribution in [0.1, 0.15) is 56.2 Å². The first kappa shape index (κ1) is 29.8. The Labute approximate surface area is 224 Å². The summed E-state index contributed by atoms with van der Waals surface area (Å²) >= 11 is 3.46. The van der Waals surface area contributed by atoms with Gasteiger partial charge in [-0.3, -0.25) is 13.9 Å². The van der Waals surface area contributed by atoms with Crippen molar-refractivity contribution in [2.45, 2.75) is 66.0 Å². The number of nitrogens with one attached hydrogen (secondary N) is 1. The molecule has 7 nitrogen and oxygen atoms in total. The Bertz CT molecular complexity index is 1150. The van der Waals surface area contributed by atoms with Gasteiger partial charge in [0.1, 0.15) is 6.04 Å². The minimum atomic E-state index is -3.53. The van der Waals surface area contributed by atoms with Crippen molar-refractivity contribution in [1.82, 2.24) is 10.2 Å². The molecule has 0 bridgehead atoms. The van der Waals surface area contributed by atoms with Crippen molar-refractivity contribution in [3.8, 4) is 0 Å². The summed E-state index contributed by atoms with van der Waals surface area (Å²) in [6.07, 6.45) is 3.47. The van der Waals surface area contributed by atoms with Gasteiger partial charge in [-0.25, -0.2) is 8.42 Å². The van der Waals surface area contributed by atoms with Crippen LogP contribution in [0.15, 0.2) is 46.9 Å². The second-order valence-electron chi connectivity index (χ2n) is 9.20. The lowest BCUT2D eigenvalue weighted by atomic mass is 10.1. The van der Waals surface area contributed by atoms with Gasteiger partial charge in [-0.2, -0.15) is 0 Å². The van der Waals surface area contributed by atoms with Crippen LogP contribution in [0.3, 0.4) is 0 Å². The lowest BCUT2D eigenvalue weighted by Crippen LogP contribution is -2.48. The number of carbonyl (C=O) groups excluding carboxylic acids is 2. The van der Waals surface area contributed by atoms with E-state index in [9.17, 15) is 18.0 Å². The smallest absolute Gasteiger partial charge is 0.242 e. The molecule has 0 unspecified atom stereocenters. The minimum absolute atomic E-state index is 0.122. The highest BCUT2D eigenvalue weighted by Gasteiger charge is 2.27. The molecular formula is C27H38BrN3O4S. The number of rotatable bonds is 13. The molecule has 0 aliphatic carbocycles. The van der Waals surface area contributed by atoms with Crippen LogP contribution in [0.4, 0.5) is 5.69 Å². The highest BCUT2D eigenvalue weighted by Crippen LogP contribution is 2.25. The molecule has 0 spiro atoms. The van der Waals surface area contributed by atoms with E-state index in [1.54, 1.807) is 11.8 Å². The van der Waals surface area contributed by atoms with Gasteiger partial charge in [0.25, 0.3) is 0 Å². The summed E-state index contributed by atoms with van der Waals surface area (Å²) in [5.74, 6) is -0.387. The fraction of sp³-hybridized carbons (Fsp3) is 0.481. The molecule has 0 fully saturated rings. The number of benzene rings is 2. The number of aryl methyl sites for hydroxylation is 2. The van der Waals surface area contributed by atoms with E-state index in [2.05, 4.69) is 28.2 Å². The molecule has 0 saturated carbocycles. The zero-order chi connectivity index (χ0) is 26.9. The Morgan fingerprint density at radius 1 is 1.08 bits per heavy atom. The minimum Gasteiger partial charge on any atom is -0.354 e. The van der Waals surface area contributed by atoms with E-state index in [1.165, 1.54) is 10.6 Å². The molecule has 36 heavy (non-hydrogen) atoms. The highest BCUT2D eigenvalue weighted by molar-refractivity contribution is 9.10. The van der Waals surface area contributed by atoms with Crippen LogP contribution in [0.25, 0.3) is 0 Å². The Kier molecular flexibility index (Phi) is 11.4. The van der Waals surface area contributed by atoms with Gasteiger partial charge in [0.2, 0.25) is 21.8 Å². The van der Waals surface area contributed by atoms with Crippen LogP contribution in [-0.2, 0) is 26.2 Å². The quantitative estimate of drug-likeness (QED) is 0.340. The Morgan fingerprint density at radius 3 is 2.44 bits per heavy atom. The third-order valence-corrected chi connectivity index (χ3v) is 7.70. The Morgan fingerprint density at radius 2 is 1.81 bits per heavy atom. The summed E-state index contributed by atoms with van der Waals surface area (Å²) in [7, 11) is -3.53. The lowest BCUT2D eigenvalue weighted by molar-refractivity contribution is -0.140. The molecular weight excluding hydrogens is 542 g/mol. The number of unbranched alkanes of at least 4 members (excludes halogenated alkanes) is 1. The van der Waals surface area contributed by atoms with Crippen LogP contribution in [0.2, 0.25) is 0 Å². The molecule has 0 aromatic heterocycles. The van der Waals surface area contributed by atoms with Crippen LogP contribution >= 0.6 is 15.9 Å².